The molecule has 0 saturated heterocycles. The molecule has 0 spiro atoms. The molecule has 2 fully saturated rings. The van der Waals surface area contributed by atoms with E-state index in [1.807, 2.05) is 24.3 Å². The second-order valence-corrected chi connectivity index (χ2v) is 5.56. The van der Waals surface area contributed by atoms with Crippen molar-refractivity contribution < 1.29 is 4.74 Å². The van der Waals surface area contributed by atoms with Gasteiger partial charge in [-0.15, -0.1) is 0 Å². The first-order valence-corrected chi connectivity index (χ1v) is 6.20. The minimum absolute atomic E-state index is 0.0685. The van der Waals surface area contributed by atoms with Crippen molar-refractivity contribution in [2.45, 2.75) is 38.2 Å². The lowest BCUT2D eigenvalue weighted by molar-refractivity contribution is 0.0314. The predicted molar refractivity (Wildman–Crippen MR) is 65.3 cm³/mol. The van der Waals surface area contributed by atoms with Crippen molar-refractivity contribution in [3.8, 4) is 5.75 Å². The van der Waals surface area contributed by atoms with Crippen LogP contribution in [0.2, 0.25) is 0 Å². The Morgan fingerprint density at radius 1 is 1.25 bits per heavy atom. The Hall–Kier alpha value is -1.18. The van der Waals surface area contributed by atoms with E-state index in [-0.39, 0.29) is 5.60 Å². The zero-order valence-electron chi connectivity index (χ0n) is 9.78. The van der Waals surface area contributed by atoms with E-state index in [0.29, 0.717) is 0 Å². The fraction of sp³-hybridized carbons (Fsp3) is 0.571. The van der Waals surface area contributed by atoms with Gasteiger partial charge in [-0.2, -0.15) is 0 Å². The predicted octanol–water partition coefficient (Wildman–Crippen LogP) is 3.23. The van der Waals surface area contributed by atoms with E-state index in [0.717, 1.165) is 23.3 Å². The topological polar surface area (TPSA) is 35.2 Å². The third kappa shape index (κ3) is 1.57. The molecule has 2 N–H and O–H groups in total. The number of fused-ring (bicyclic) bond motifs is 2. The smallest absolute Gasteiger partial charge is 0.120 e. The molecule has 0 heterocycles. The van der Waals surface area contributed by atoms with Gasteiger partial charge in [0.2, 0.25) is 0 Å². The van der Waals surface area contributed by atoms with Crippen LogP contribution in [0.15, 0.2) is 24.3 Å². The largest absolute Gasteiger partial charge is 0.487 e. The summed E-state index contributed by atoms with van der Waals surface area (Å²) < 4.78 is 6.20. The molecule has 0 aliphatic heterocycles. The van der Waals surface area contributed by atoms with Crippen LogP contribution in [-0.2, 0) is 0 Å². The molecule has 16 heavy (non-hydrogen) atoms. The summed E-state index contributed by atoms with van der Waals surface area (Å²) in [6.07, 6.45) is 5.34. The molecule has 2 aliphatic carbocycles. The third-order valence-corrected chi connectivity index (χ3v) is 4.33. The Morgan fingerprint density at radius 2 is 2.00 bits per heavy atom. The molecule has 3 rings (SSSR count). The average Bonchev–Trinajstić information content (AvgIpc) is 2.81. The van der Waals surface area contributed by atoms with Crippen LogP contribution in [0.5, 0.6) is 5.75 Å². The van der Waals surface area contributed by atoms with E-state index in [4.69, 9.17) is 10.5 Å². The number of hydrogen-bond donors (Lipinski definition) is 1. The number of benzene rings is 1. The molecule has 0 amide bonds. The Balaban J connectivity index is 1.77. The van der Waals surface area contributed by atoms with Crippen molar-refractivity contribution in [3.63, 3.8) is 0 Å². The van der Waals surface area contributed by atoms with Gasteiger partial charge in [0.05, 0.1) is 0 Å². The van der Waals surface area contributed by atoms with Gasteiger partial charge in [0.1, 0.15) is 11.4 Å². The van der Waals surface area contributed by atoms with Crippen LogP contribution in [-0.4, -0.2) is 5.60 Å². The molecule has 2 aliphatic rings. The Labute approximate surface area is 96.8 Å². The van der Waals surface area contributed by atoms with Crippen LogP contribution in [0.1, 0.15) is 32.6 Å². The van der Waals surface area contributed by atoms with Crippen molar-refractivity contribution >= 4 is 5.69 Å². The zero-order chi connectivity index (χ0) is 11.2. The minimum Gasteiger partial charge on any atom is -0.487 e. The van der Waals surface area contributed by atoms with E-state index in [9.17, 15) is 0 Å². The number of anilines is 1. The fourth-order valence-corrected chi connectivity index (χ4v) is 3.48. The lowest BCUT2D eigenvalue weighted by Crippen LogP contribution is -2.38. The van der Waals surface area contributed by atoms with Gasteiger partial charge in [0, 0.05) is 5.69 Å². The second kappa shape index (κ2) is 3.41. The first kappa shape index (κ1) is 10.0. The summed E-state index contributed by atoms with van der Waals surface area (Å²) in [7, 11) is 0. The highest BCUT2D eigenvalue weighted by atomic mass is 16.5. The molecular weight excluding hydrogens is 198 g/mol. The monoisotopic (exact) mass is 217 g/mol. The first-order chi connectivity index (χ1) is 7.66. The number of rotatable bonds is 2. The second-order valence-electron chi connectivity index (χ2n) is 5.56. The maximum Gasteiger partial charge on any atom is 0.120 e. The molecule has 2 heteroatoms. The summed E-state index contributed by atoms with van der Waals surface area (Å²) in [5.74, 6) is 2.63. The summed E-state index contributed by atoms with van der Waals surface area (Å²) in [5.41, 5.74) is 6.54. The summed E-state index contributed by atoms with van der Waals surface area (Å²) in [6, 6.07) is 7.77. The van der Waals surface area contributed by atoms with Gasteiger partial charge in [-0.05, 0) is 68.7 Å². The molecule has 2 bridgehead atoms. The zero-order valence-corrected chi connectivity index (χ0v) is 9.78. The van der Waals surface area contributed by atoms with Crippen LogP contribution in [0.4, 0.5) is 5.69 Å². The molecule has 1 aromatic rings. The molecule has 86 valence electrons. The molecule has 0 radical (unpaired) electrons. The molecule has 3 unspecified atom stereocenters. The Bertz CT molecular complexity index is 386. The van der Waals surface area contributed by atoms with Crippen LogP contribution >= 0.6 is 0 Å². The van der Waals surface area contributed by atoms with Crippen LogP contribution in [0, 0.1) is 11.8 Å². The van der Waals surface area contributed by atoms with Crippen molar-refractivity contribution in [3.05, 3.63) is 24.3 Å². The fourth-order valence-electron chi connectivity index (χ4n) is 3.48. The van der Waals surface area contributed by atoms with E-state index >= 15 is 0 Å². The quantitative estimate of drug-likeness (QED) is 0.772. The summed E-state index contributed by atoms with van der Waals surface area (Å²) in [5, 5.41) is 0. The van der Waals surface area contributed by atoms with Crippen LogP contribution in [0.25, 0.3) is 0 Å². The van der Waals surface area contributed by atoms with Gasteiger partial charge < -0.3 is 10.5 Å². The van der Waals surface area contributed by atoms with Gasteiger partial charge in [0.25, 0.3) is 0 Å². The Kier molecular flexibility index (Phi) is 2.13. The van der Waals surface area contributed by atoms with Gasteiger partial charge in [0.15, 0.2) is 0 Å². The van der Waals surface area contributed by atoms with E-state index < -0.39 is 0 Å². The van der Waals surface area contributed by atoms with Gasteiger partial charge >= 0.3 is 0 Å². The van der Waals surface area contributed by atoms with E-state index in [2.05, 4.69) is 6.92 Å². The van der Waals surface area contributed by atoms with Crippen molar-refractivity contribution in [2.75, 3.05) is 5.73 Å². The highest BCUT2D eigenvalue weighted by Gasteiger charge is 2.49. The molecule has 0 aromatic heterocycles. The maximum absolute atomic E-state index is 6.20. The van der Waals surface area contributed by atoms with Gasteiger partial charge in [-0.3, -0.25) is 0 Å². The molecule has 3 atom stereocenters. The number of hydrogen-bond acceptors (Lipinski definition) is 2. The first-order valence-electron chi connectivity index (χ1n) is 6.20. The number of ether oxygens (including phenoxy) is 1. The molecule has 2 nitrogen and oxygen atoms in total. The lowest BCUT2D eigenvalue weighted by atomic mass is 9.85. The lowest BCUT2D eigenvalue weighted by Gasteiger charge is -2.34. The van der Waals surface area contributed by atoms with Gasteiger partial charge in [-0.1, -0.05) is 0 Å². The molecule has 2 saturated carbocycles. The summed E-state index contributed by atoms with van der Waals surface area (Å²) in [6.45, 7) is 2.27. The molecule has 1 aromatic carbocycles. The van der Waals surface area contributed by atoms with Gasteiger partial charge in [-0.25, -0.2) is 0 Å². The van der Waals surface area contributed by atoms with Crippen molar-refractivity contribution in [2.24, 2.45) is 11.8 Å². The normalized spacial score (nSPS) is 36.6. The number of nitrogens with two attached hydrogens (primary N) is 1. The van der Waals surface area contributed by atoms with Crippen LogP contribution in [0.3, 0.4) is 0 Å². The number of nitrogen functional groups attached to an aromatic ring is 1. The SMILES string of the molecule is CC1(Oc2ccc(N)cc2)CC2CCC1C2. The molecular formula is C14H19NO. The third-order valence-electron chi connectivity index (χ3n) is 4.33. The van der Waals surface area contributed by atoms with Crippen molar-refractivity contribution in [1.29, 1.82) is 0 Å². The maximum atomic E-state index is 6.20. The minimum atomic E-state index is 0.0685. The van der Waals surface area contributed by atoms with E-state index in [1.165, 1.54) is 25.7 Å². The van der Waals surface area contributed by atoms with Crippen LogP contribution < -0.4 is 10.5 Å². The highest BCUT2D eigenvalue weighted by molar-refractivity contribution is 5.41. The standard InChI is InChI=1S/C14H19NO/c1-14(9-10-2-3-11(14)8-10)16-13-6-4-12(15)5-7-13/h4-7,10-11H,2-3,8-9,15H2,1H3. The highest BCUT2D eigenvalue weighted by Crippen LogP contribution is 2.52. The average molecular weight is 217 g/mol. The van der Waals surface area contributed by atoms with E-state index in [1.54, 1.807) is 0 Å². The summed E-state index contributed by atoms with van der Waals surface area (Å²) in [4.78, 5) is 0. The Morgan fingerprint density at radius 3 is 2.56 bits per heavy atom. The van der Waals surface area contributed by atoms with Crippen molar-refractivity contribution in [1.82, 2.24) is 0 Å². The summed E-state index contributed by atoms with van der Waals surface area (Å²) >= 11 is 0.